The minimum absolute atomic E-state index is 0.0866. The smallest absolute Gasteiger partial charge is 0.331 e. The van der Waals surface area contributed by atoms with Gasteiger partial charge in [0.1, 0.15) is 12.1 Å². The van der Waals surface area contributed by atoms with Gasteiger partial charge in [0.05, 0.1) is 81.9 Å². The number of nitrogens with zero attached hydrogens (tertiary/aromatic N) is 2. The fraction of sp³-hybridized carbons (Fsp3) is 0.472. The molecule has 0 saturated heterocycles. The van der Waals surface area contributed by atoms with Crippen LogP contribution in [0.4, 0.5) is 0 Å². The van der Waals surface area contributed by atoms with Crippen molar-refractivity contribution in [2.24, 2.45) is 0 Å². The summed E-state index contributed by atoms with van der Waals surface area (Å²) in [6.07, 6.45) is 7.33. The average molecular weight is 863 g/mol. The maximum atomic E-state index is 12.8. The molecule has 0 aliphatic carbocycles. The van der Waals surface area contributed by atoms with Crippen LogP contribution >= 0.6 is 0 Å². The Kier molecular flexibility index (Phi) is 15.3. The monoisotopic (exact) mass is 863 g/mol. The number of carbonyl (C=O) groups excluding carboxylic acids is 2. The topological polar surface area (TPSA) is 89.5 Å². The molecule has 4 unspecified atom stereocenters. The van der Waals surface area contributed by atoms with Crippen LogP contribution in [0.3, 0.4) is 0 Å². The second kappa shape index (κ2) is 20.5. The summed E-state index contributed by atoms with van der Waals surface area (Å²) in [7, 11) is 11.3. The predicted octanol–water partition coefficient (Wildman–Crippen LogP) is 8.96. The van der Waals surface area contributed by atoms with E-state index in [0.717, 1.165) is 89.9 Å². The number of benzene rings is 4. The van der Waals surface area contributed by atoms with E-state index < -0.39 is 11.9 Å². The second-order valence-corrected chi connectivity index (χ2v) is 18.3. The first-order valence-electron chi connectivity index (χ1n) is 22.4. The lowest BCUT2D eigenvalue weighted by molar-refractivity contribution is -0.941. The third-order valence-electron chi connectivity index (χ3n) is 14.0. The number of hydrogen-bond acceptors (Lipinski definition) is 8. The number of carbonyl (C=O) groups is 2. The van der Waals surface area contributed by atoms with Crippen molar-refractivity contribution in [2.45, 2.75) is 85.2 Å². The number of fused-ring (bicyclic) bond motifs is 2. The quantitative estimate of drug-likeness (QED) is 0.0424. The molecule has 0 fully saturated rings. The first-order chi connectivity index (χ1) is 30.1. The van der Waals surface area contributed by atoms with Crippen molar-refractivity contribution in [3.63, 3.8) is 0 Å². The Bertz CT molecular complexity index is 2320. The van der Waals surface area contributed by atoms with Crippen molar-refractivity contribution in [3.8, 4) is 23.0 Å². The molecule has 2 heterocycles. The molecular weight excluding hydrogens is 793 g/mol. The molecule has 0 bridgehead atoms. The summed E-state index contributed by atoms with van der Waals surface area (Å²) >= 11 is 0. The van der Waals surface area contributed by atoms with Gasteiger partial charge in [0.25, 0.3) is 0 Å². The van der Waals surface area contributed by atoms with E-state index in [4.69, 9.17) is 28.4 Å². The van der Waals surface area contributed by atoms with Gasteiger partial charge in [0, 0.05) is 61.8 Å². The molecule has 2 aliphatic heterocycles. The van der Waals surface area contributed by atoms with Crippen LogP contribution in [0.1, 0.15) is 86.1 Å². The van der Waals surface area contributed by atoms with Crippen molar-refractivity contribution in [1.29, 1.82) is 0 Å². The Hall–Kier alpha value is -5.32. The third kappa shape index (κ3) is 10.9. The molecule has 0 N–H and O–H groups in total. The van der Waals surface area contributed by atoms with Gasteiger partial charge in [-0.2, -0.15) is 0 Å². The van der Waals surface area contributed by atoms with E-state index in [9.17, 15) is 9.59 Å². The van der Waals surface area contributed by atoms with Crippen LogP contribution in [0.2, 0.25) is 0 Å². The summed E-state index contributed by atoms with van der Waals surface area (Å²) in [4.78, 5) is 25.6. The van der Waals surface area contributed by atoms with E-state index >= 15 is 0 Å². The molecule has 4 atom stereocenters. The molecule has 4 aromatic carbocycles. The van der Waals surface area contributed by atoms with E-state index in [1.807, 2.05) is 6.92 Å². The van der Waals surface area contributed by atoms with Crippen LogP contribution in [0.25, 0.3) is 0 Å². The van der Waals surface area contributed by atoms with Gasteiger partial charge < -0.3 is 37.4 Å². The third-order valence-corrected chi connectivity index (χ3v) is 14.0. The van der Waals surface area contributed by atoms with Gasteiger partial charge in [0.15, 0.2) is 23.0 Å². The van der Waals surface area contributed by atoms with Crippen LogP contribution in [0, 0.1) is 34.6 Å². The molecule has 63 heavy (non-hydrogen) atoms. The summed E-state index contributed by atoms with van der Waals surface area (Å²) in [5, 5.41) is 0. The number of methoxy groups -OCH3 is 4. The molecule has 10 nitrogen and oxygen atoms in total. The molecule has 0 spiro atoms. The SMILES string of the molecule is COc1cc2c(cc1OC)C(Cc1cc(C)c(OC)c(OC)c1)[N+](C)(CCCOC(=O)/C=C\C(=O)OCCC[N+]1(C)CCc3cc(C)c(C)cc3C1Cc1ccc(C)c(C)c1)CC2. The molecular formula is C53H70N2O8+2. The maximum Gasteiger partial charge on any atom is 0.331 e. The highest BCUT2D eigenvalue weighted by Crippen LogP contribution is 2.44. The van der Waals surface area contributed by atoms with Crippen molar-refractivity contribution in [1.82, 2.24) is 0 Å². The standard InChI is InChI=1S/C53H70N2O8/c1-35-14-15-40(26-36(35)2)30-46-44-29-38(4)37(3)28-42(44)18-22-54(46,6)20-12-24-62-51(56)16-17-52(57)63-25-13-21-55(7)23-19-43-33-48(58-8)49(59-9)34-45(43)47(55)31-41-27-39(5)53(61-11)50(32-41)60-10/h14-17,26-29,32-34,46-47H,12-13,18-25,30-31H2,1-11H3/q+2/b17-16-. The zero-order valence-electron chi connectivity index (χ0n) is 39.7. The lowest BCUT2D eigenvalue weighted by Gasteiger charge is -2.46. The Morgan fingerprint density at radius 3 is 1.60 bits per heavy atom. The van der Waals surface area contributed by atoms with Crippen molar-refractivity contribution in [3.05, 3.63) is 128 Å². The van der Waals surface area contributed by atoms with E-state index in [0.29, 0.717) is 24.0 Å². The lowest BCUT2D eigenvalue weighted by atomic mass is 9.84. The minimum atomic E-state index is -0.558. The van der Waals surface area contributed by atoms with Gasteiger partial charge in [-0.1, -0.05) is 30.3 Å². The number of ether oxygens (including phenoxy) is 6. The van der Waals surface area contributed by atoms with Gasteiger partial charge in [-0.05, 0) is 109 Å². The van der Waals surface area contributed by atoms with Gasteiger partial charge in [0.2, 0.25) is 0 Å². The van der Waals surface area contributed by atoms with E-state index in [1.54, 1.807) is 28.4 Å². The van der Waals surface area contributed by atoms with E-state index in [1.165, 1.54) is 62.2 Å². The molecule has 4 aromatic rings. The molecule has 0 saturated carbocycles. The maximum absolute atomic E-state index is 12.8. The molecule has 0 amide bonds. The lowest BCUT2D eigenvalue weighted by Crippen LogP contribution is -2.52. The van der Waals surface area contributed by atoms with Gasteiger partial charge in [-0.25, -0.2) is 9.59 Å². The highest BCUT2D eigenvalue weighted by molar-refractivity contribution is 5.91. The van der Waals surface area contributed by atoms with Crippen molar-refractivity contribution >= 4 is 11.9 Å². The van der Waals surface area contributed by atoms with E-state index in [2.05, 4.69) is 96.4 Å². The summed E-state index contributed by atoms with van der Waals surface area (Å²) < 4.78 is 35.6. The molecule has 2 aliphatic rings. The number of hydrogen-bond donors (Lipinski definition) is 0. The highest BCUT2D eigenvalue weighted by Gasteiger charge is 2.41. The molecule has 0 radical (unpaired) electrons. The first-order valence-corrected chi connectivity index (χ1v) is 22.4. The summed E-state index contributed by atoms with van der Waals surface area (Å²) in [5.41, 5.74) is 14.1. The first kappa shape index (κ1) is 47.2. The van der Waals surface area contributed by atoms with Crippen LogP contribution in [0.5, 0.6) is 23.0 Å². The fourth-order valence-corrected chi connectivity index (χ4v) is 9.97. The Morgan fingerprint density at radius 1 is 0.556 bits per heavy atom. The highest BCUT2D eigenvalue weighted by atomic mass is 16.5. The number of aryl methyl sites for hydroxylation is 5. The predicted molar refractivity (Wildman–Crippen MR) is 248 cm³/mol. The summed E-state index contributed by atoms with van der Waals surface area (Å²) in [6, 6.07) is 20.4. The zero-order valence-corrected chi connectivity index (χ0v) is 39.7. The Morgan fingerprint density at radius 2 is 1.05 bits per heavy atom. The van der Waals surface area contributed by atoms with Crippen molar-refractivity contribution < 1.29 is 47.0 Å². The number of likely N-dealkylation sites (N-methyl/N-ethyl adjacent to an activating group) is 2. The average Bonchev–Trinajstić information content (AvgIpc) is 3.26. The number of rotatable bonds is 18. The number of esters is 2. The summed E-state index contributed by atoms with van der Waals surface area (Å²) in [6.45, 7) is 14.9. The number of quaternary nitrogens is 2. The normalized spacial score (nSPS) is 20.4. The fourth-order valence-electron chi connectivity index (χ4n) is 9.97. The van der Waals surface area contributed by atoms with Crippen LogP contribution in [0.15, 0.2) is 66.7 Å². The largest absolute Gasteiger partial charge is 0.493 e. The van der Waals surface area contributed by atoms with Crippen LogP contribution < -0.4 is 18.9 Å². The minimum Gasteiger partial charge on any atom is -0.493 e. The van der Waals surface area contributed by atoms with Gasteiger partial charge >= 0.3 is 11.9 Å². The van der Waals surface area contributed by atoms with Crippen LogP contribution in [-0.4, -0.2) is 103 Å². The van der Waals surface area contributed by atoms with Crippen molar-refractivity contribution in [2.75, 3.05) is 81.9 Å². The molecule has 10 heteroatoms. The van der Waals surface area contributed by atoms with E-state index in [-0.39, 0.29) is 19.3 Å². The summed E-state index contributed by atoms with van der Waals surface area (Å²) in [5.74, 6) is 1.76. The molecule has 6 rings (SSSR count). The second-order valence-electron chi connectivity index (χ2n) is 18.3. The Labute approximate surface area is 375 Å². The Balaban J connectivity index is 1.03. The van der Waals surface area contributed by atoms with Gasteiger partial charge in [-0.15, -0.1) is 0 Å². The van der Waals surface area contributed by atoms with Crippen LogP contribution in [-0.2, 0) is 44.7 Å². The van der Waals surface area contributed by atoms with Gasteiger partial charge in [-0.3, -0.25) is 0 Å². The zero-order chi connectivity index (χ0) is 45.5. The molecule has 338 valence electrons. The molecule has 0 aromatic heterocycles.